The van der Waals surface area contributed by atoms with Gasteiger partial charge in [0.25, 0.3) is 0 Å². The van der Waals surface area contributed by atoms with Crippen LogP contribution in [-0.4, -0.2) is 0 Å². The second kappa shape index (κ2) is 10.1. The van der Waals surface area contributed by atoms with Crippen LogP contribution in [0.25, 0.3) is 22.3 Å². The van der Waals surface area contributed by atoms with Crippen molar-refractivity contribution < 1.29 is 22.3 Å². The van der Waals surface area contributed by atoms with Crippen LogP contribution < -0.4 is 4.74 Å². The number of hydrogen-bond acceptors (Lipinski definition) is 1. The number of rotatable bonds is 7. The van der Waals surface area contributed by atoms with Crippen LogP contribution in [0.3, 0.4) is 0 Å². The van der Waals surface area contributed by atoms with Crippen molar-refractivity contribution in [2.45, 2.75) is 33.3 Å². The van der Waals surface area contributed by atoms with E-state index in [4.69, 9.17) is 4.74 Å². The zero-order chi connectivity index (χ0) is 24.2. The van der Waals surface area contributed by atoms with Crippen molar-refractivity contribution >= 4 is 0 Å². The Balaban J connectivity index is 1.47. The number of aryl methyl sites for hydroxylation is 2. The average Bonchev–Trinajstić information content (AvgIpc) is 2.85. The van der Waals surface area contributed by atoms with E-state index in [0.717, 1.165) is 18.4 Å². The van der Waals surface area contributed by atoms with Gasteiger partial charge < -0.3 is 4.74 Å². The summed E-state index contributed by atoms with van der Waals surface area (Å²) in [5, 5.41) is 0. The molecule has 0 bridgehead atoms. The molecule has 0 heterocycles. The van der Waals surface area contributed by atoms with Crippen molar-refractivity contribution in [2.24, 2.45) is 0 Å². The molecule has 0 unspecified atom stereocenters. The Morgan fingerprint density at radius 2 is 1.12 bits per heavy atom. The summed E-state index contributed by atoms with van der Waals surface area (Å²) in [5.41, 5.74) is 3.48. The van der Waals surface area contributed by atoms with Crippen molar-refractivity contribution in [3.8, 4) is 28.0 Å². The molecule has 5 heteroatoms. The third-order valence-corrected chi connectivity index (χ3v) is 5.79. The summed E-state index contributed by atoms with van der Waals surface area (Å²) in [6.45, 7) is 3.58. The molecule has 0 aliphatic heterocycles. The Labute approximate surface area is 196 Å². The molecule has 0 amide bonds. The molecule has 4 aromatic carbocycles. The number of hydrogen-bond donors (Lipinski definition) is 0. The van der Waals surface area contributed by atoms with Crippen LogP contribution in [0, 0.1) is 30.2 Å². The predicted octanol–water partition coefficient (Wildman–Crippen LogP) is 8.42. The Morgan fingerprint density at radius 1 is 0.588 bits per heavy atom. The maximum Gasteiger partial charge on any atom is 0.201 e. The quantitative estimate of drug-likeness (QED) is 0.250. The van der Waals surface area contributed by atoms with Gasteiger partial charge in [-0.2, -0.15) is 4.39 Å². The molecule has 0 radical (unpaired) electrons. The molecule has 0 N–H and O–H groups in total. The summed E-state index contributed by atoms with van der Waals surface area (Å²) in [6, 6.07) is 20.0. The van der Waals surface area contributed by atoms with Crippen LogP contribution >= 0.6 is 0 Å². The van der Waals surface area contributed by atoms with Gasteiger partial charge in [0.1, 0.15) is 6.61 Å². The molecule has 174 valence electrons. The topological polar surface area (TPSA) is 9.23 Å². The highest BCUT2D eigenvalue weighted by atomic mass is 19.2. The highest BCUT2D eigenvalue weighted by Gasteiger charge is 2.16. The zero-order valence-corrected chi connectivity index (χ0v) is 19.0. The summed E-state index contributed by atoms with van der Waals surface area (Å²) in [7, 11) is 0. The van der Waals surface area contributed by atoms with Gasteiger partial charge in [-0.25, -0.2) is 13.2 Å². The van der Waals surface area contributed by atoms with Gasteiger partial charge in [0, 0.05) is 11.1 Å². The molecule has 0 aliphatic rings. The molecular formula is C29H24F4O. The van der Waals surface area contributed by atoms with Crippen molar-refractivity contribution in [3.63, 3.8) is 0 Å². The maximum atomic E-state index is 14.7. The smallest absolute Gasteiger partial charge is 0.201 e. The normalized spacial score (nSPS) is 11.0. The van der Waals surface area contributed by atoms with E-state index < -0.39 is 23.3 Å². The number of halogens is 4. The van der Waals surface area contributed by atoms with Crippen LogP contribution in [0.2, 0.25) is 0 Å². The van der Waals surface area contributed by atoms with Gasteiger partial charge in [-0.15, -0.1) is 0 Å². The highest BCUT2D eigenvalue weighted by molar-refractivity contribution is 5.66. The van der Waals surface area contributed by atoms with Gasteiger partial charge in [-0.3, -0.25) is 0 Å². The molecule has 0 atom stereocenters. The first-order chi connectivity index (χ1) is 16.4. The molecule has 4 aromatic rings. The van der Waals surface area contributed by atoms with Gasteiger partial charge >= 0.3 is 0 Å². The fraction of sp³-hybridized carbons (Fsp3) is 0.172. The van der Waals surface area contributed by atoms with Crippen LogP contribution in [0.15, 0.2) is 72.8 Å². The van der Waals surface area contributed by atoms with E-state index >= 15 is 0 Å². The minimum Gasteiger partial charge on any atom is -0.486 e. The maximum absolute atomic E-state index is 14.7. The Kier molecular flexibility index (Phi) is 7.01. The van der Waals surface area contributed by atoms with E-state index in [1.165, 1.54) is 31.2 Å². The van der Waals surface area contributed by atoms with Gasteiger partial charge in [-0.05, 0) is 53.3 Å². The molecular weight excluding hydrogens is 440 g/mol. The van der Waals surface area contributed by atoms with E-state index in [2.05, 4.69) is 6.92 Å². The first-order valence-electron chi connectivity index (χ1n) is 11.1. The molecule has 34 heavy (non-hydrogen) atoms. The molecule has 4 rings (SSSR count). The van der Waals surface area contributed by atoms with Crippen LogP contribution in [-0.2, 0) is 13.0 Å². The lowest BCUT2D eigenvalue weighted by Crippen LogP contribution is -2.00. The second-order valence-electron chi connectivity index (χ2n) is 8.23. The van der Waals surface area contributed by atoms with Gasteiger partial charge in [-0.1, -0.05) is 74.0 Å². The van der Waals surface area contributed by atoms with Crippen LogP contribution in [0.5, 0.6) is 5.75 Å². The largest absolute Gasteiger partial charge is 0.486 e. The summed E-state index contributed by atoms with van der Waals surface area (Å²) in [4.78, 5) is 0. The van der Waals surface area contributed by atoms with E-state index in [9.17, 15) is 17.6 Å². The van der Waals surface area contributed by atoms with E-state index in [-0.39, 0.29) is 29.0 Å². The Bertz CT molecular complexity index is 1300. The van der Waals surface area contributed by atoms with E-state index in [0.29, 0.717) is 16.7 Å². The average molecular weight is 465 g/mol. The molecule has 0 aromatic heterocycles. The molecule has 0 aliphatic carbocycles. The van der Waals surface area contributed by atoms with Crippen molar-refractivity contribution in [1.82, 2.24) is 0 Å². The van der Waals surface area contributed by atoms with Gasteiger partial charge in [0.05, 0.1) is 0 Å². The summed E-state index contributed by atoms with van der Waals surface area (Å²) >= 11 is 0. The lowest BCUT2D eigenvalue weighted by Gasteiger charge is -2.12. The van der Waals surface area contributed by atoms with Crippen molar-refractivity contribution in [1.29, 1.82) is 0 Å². The summed E-state index contributed by atoms with van der Waals surface area (Å²) in [5.74, 6) is -3.99. The summed E-state index contributed by atoms with van der Waals surface area (Å²) in [6.07, 6.45) is 1.94. The third-order valence-electron chi connectivity index (χ3n) is 5.79. The standard InChI is InChI=1S/C29H24F4O/c1-3-4-19-6-10-21(11-7-19)24-15-16-25(29(33)28(24)32)34-17-20-8-12-22(13-9-20)23-14-5-18(2)26(30)27(23)31/h5-16H,3-4,17H2,1-2H3. The minimum absolute atomic E-state index is 0.00750. The van der Waals surface area contributed by atoms with Gasteiger partial charge in [0.2, 0.25) is 5.82 Å². The SMILES string of the molecule is CCCc1ccc(-c2ccc(OCc3ccc(-c4ccc(C)c(F)c4F)cc3)c(F)c2F)cc1. The first kappa shape index (κ1) is 23.6. The molecule has 1 nitrogen and oxygen atoms in total. The minimum atomic E-state index is -1.05. The molecule has 0 saturated carbocycles. The Morgan fingerprint density at radius 3 is 1.71 bits per heavy atom. The summed E-state index contributed by atoms with van der Waals surface area (Å²) < 4.78 is 63.0. The fourth-order valence-electron chi connectivity index (χ4n) is 3.82. The first-order valence-corrected chi connectivity index (χ1v) is 11.1. The highest BCUT2D eigenvalue weighted by Crippen LogP contribution is 2.31. The van der Waals surface area contributed by atoms with E-state index in [1.54, 1.807) is 36.4 Å². The van der Waals surface area contributed by atoms with Crippen LogP contribution in [0.4, 0.5) is 17.6 Å². The fourth-order valence-corrected chi connectivity index (χ4v) is 3.82. The monoisotopic (exact) mass is 464 g/mol. The predicted molar refractivity (Wildman–Crippen MR) is 127 cm³/mol. The lowest BCUT2D eigenvalue weighted by molar-refractivity contribution is 0.285. The van der Waals surface area contributed by atoms with Crippen molar-refractivity contribution in [3.05, 3.63) is 113 Å². The molecule has 0 saturated heterocycles. The molecule has 0 fully saturated rings. The lowest BCUT2D eigenvalue weighted by atomic mass is 10.0. The van der Waals surface area contributed by atoms with E-state index in [1.807, 2.05) is 12.1 Å². The van der Waals surface area contributed by atoms with Crippen LogP contribution in [0.1, 0.15) is 30.0 Å². The zero-order valence-electron chi connectivity index (χ0n) is 19.0. The van der Waals surface area contributed by atoms with Crippen molar-refractivity contribution in [2.75, 3.05) is 0 Å². The number of benzene rings is 4. The molecule has 0 spiro atoms. The number of ether oxygens (including phenoxy) is 1. The Hall–Kier alpha value is -3.60. The second-order valence-corrected chi connectivity index (χ2v) is 8.23. The van der Waals surface area contributed by atoms with Gasteiger partial charge in [0.15, 0.2) is 23.2 Å². The third kappa shape index (κ3) is 4.84.